The highest BCUT2D eigenvalue weighted by Crippen LogP contribution is 2.25. The summed E-state index contributed by atoms with van der Waals surface area (Å²) in [6.45, 7) is 0. The topological polar surface area (TPSA) is 50.7 Å². The molecule has 0 fully saturated rings. The monoisotopic (exact) mass is 252 g/mol. The molecule has 0 saturated carbocycles. The van der Waals surface area contributed by atoms with Crippen molar-refractivity contribution in [2.45, 2.75) is 10.8 Å². The van der Waals surface area contributed by atoms with E-state index in [1.54, 1.807) is 23.1 Å². The van der Waals surface area contributed by atoms with Crippen LogP contribution in [0.2, 0.25) is 0 Å². The standard InChI is InChI=1S/C10H12N4S2/c1-11-9-13-14-10(16-9)15-7-5-8-4-2-3-6-12-8/h2-4,6H,5,7H2,1H3,(H,11,13). The van der Waals surface area contributed by atoms with E-state index in [4.69, 9.17) is 0 Å². The first kappa shape index (κ1) is 11.3. The van der Waals surface area contributed by atoms with Crippen molar-refractivity contribution in [1.82, 2.24) is 15.2 Å². The molecule has 0 spiro atoms. The lowest BCUT2D eigenvalue weighted by atomic mass is 10.3. The highest BCUT2D eigenvalue weighted by Gasteiger charge is 2.03. The number of pyridine rings is 1. The van der Waals surface area contributed by atoms with E-state index in [0.29, 0.717) is 0 Å². The minimum absolute atomic E-state index is 0.861. The Bertz CT molecular complexity index is 429. The zero-order valence-corrected chi connectivity index (χ0v) is 10.5. The Balaban J connectivity index is 1.80. The number of thioether (sulfide) groups is 1. The van der Waals surface area contributed by atoms with E-state index >= 15 is 0 Å². The molecule has 4 nitrogen and oxygen atoms in total. The molecule has 2 aromatic heterocycles. The molecule has 0 saturated heterocycles. The van der Waals surface area contributed by atoms with Crippen molar-refractivity contribution in [2.75, 3.05) is 18.1 Å². The highest BCUT2D eigenvalue weighted by atomic mass is 32.2. The minimum Gasteiger partial charge on any atom is -0.363 e. The third-order valence-corrected chi connectivity index (χ3v) is 4.01. The van der Waals surface area contributed by atoms with Crippen LogP contribution >= 0.6 is 23.1 Å². The van der Waals surface area contributed by atoms with Crippen LogP contribution in [0.4, 0.5) is 5.13 Å². The Hall–Kier alpha value is -1.14. The summed E-state index contributed by atoms with van der Waals surface area (Å²) in [5.74, 6) is 0.982. The van der Waals surface area contributed by atoms with Gasteiger partial charge in [0, 0.05) is 24.7 Å². The first-order valence-corrected chi connectivity index (χ1v) is 6.72. The van der Waals surface area contributed by atoms with Gasteiger partial charge in [0.15, 0.2) is 4.34 Å². The second-order valence-electron chi connectivity index (χ2n) is 3.04. The number of nitrogens with one attached hydrogen (secondary N) is 1. The first-order valence-electron chi connectivity index (χ1n) is 4.92. The molecule has 0 aliphatic carbocycles. The number of rotatable bonds is 5. The highest BCUT2D eigenvalue weighted by molar-refractivity contribution is 8.01. The second-order valence-corrected chi connectivity index (χ2v) is 5.36. The molecule has 6 heteroatoms. The van der Waals surface area contributed by atoms with E-state index in [9.17, 15) is 0 Å². The Morgan fingerprint density at radius 2 is 2.31 bits per heavy atom. The molecule has 84 valence electrons. The van der Waals surface area contributed by atoms with Crippen LogP contribution in [0.3, 0.4) is 0 Å². The van der Waals surface area contributed by atoms with E-state index in [-0.39, 0.29) is 0 Å². The quantitative estimate of drug-likeness (QED) is 0.828. The van der Waals surface area contributed by atoms with Crippen LogP contribution < -0.4 is 5.32 Å². The summed E-state index contributed by atoms with van der Waals surface area (Å²) in [5, 5.41) is 11.9. The molecule has 0 atom stereocenters. The van der Waals surface area contributed by atoms with Crippen LogP contribution in [0.5, 0.6) is 0 Å². The molecule has 0 aliphatic rings. The molecule has 2 rings (SSSR count). The summed E-state index contributed by atoms with van der Waals surface area (Å²) in [7, 11) is 1.85. The van der Waals surface area contributed by atoms with E-state index < -0.39 is 0 Å². The Kier molecular flexibility index (Phi) is 4.12. The number of anilines is 1. The smallest absolute Gasteiger partial charge is 0.206 e. The fourth-order valence-electron chi connectivity index (χ4n) is 1.16. The fraction of sp³-hybridized carbons (Fsp3) is 0.300. The molecule has 0 aromatic carbocycles. The van der Waals surface area contributed by atoms with Gasteiger partial charge in [0.2, 0.25) is 5.13 Å². The van der Waals surface area contributed by atoms with Crippen LogP contribution in [0, 0.1) is 0 Å². The molecule has 2 aromatic rings. The van der Waals surface area contributed by atoms with Crippen molar-refractivity contribution in [3.05, 3.63) is 30.1 Å². The van der Waals surface area contributed by atoms with Crippen LogP contribution in [-0.2, 0) is 6.42 Å². The molecule has 16 heavy (non-hydrogen) atoms. The van der Waals surface area contributed by atoms with Crippen molar-refractivity contribution in [1.29, 1.82) is 0 Å². The average molecular weight is 252 g/mol. The lowest BCUT2D eigenvalue weighted by Gasteiger charge is -1.97. The third kappa shape index (κ3) is 3.18. The van der Waals surface area contributed by atoms with E-state index in [1.807, 2.05) is 31.4 Å². The van der Waals surface area contributed by atoms with Gasteiger partial charge < -0.3 is 5.32 Å². The Morgan fingerprint density at radius 3 is 3.00 bits per heavy atom. The largest absolute Gasteiger partial charge is 0.363 e. The zero-order valence-electron chi connectivity index (χ0n) is 8.88. The predicted molar refractivity (Wildman–Crippen MR) is 68.1 cm³/mol. The maximum Gasteiger partial charge on any atom is 0.206 e. The molecule has 0 amide bonds. The maximum absolute atomic E-state index is 4.27. The van der Waals surface area contributed by atoms with Crippen LogP contribution in [-0.4, -0.2) is 28.0 Å². The van der Waals surface area contributed by atoms with Gasteiger partial charge in [-0.25, -0.2) is 0 Å². The number of nitrogens with zero attached hydrogens (tertiary/aromatic N) is 3. The SMILES string of the molecule is CNc1nnc(SCCc2ccccn2)s1. The Labute approximate surface area is 103 Å². The summed E-state index contributed by atoms with van der Waals surface area (Å²) in [5.41, 5.74) is 1.12. The van der Waals surface area contributed by atoms with Crippen molar-refractivity contribution in [3.8, 4) is 0 Å². The van der Waals surface area contributed by atoms with Gasteiger partial charge in [-0.05, 0) is 18.6 Å². The zero-order chi connectivity index (χ0) is 11.2. The van der Waals surface area contributed by atoms with E-state index in [0.717, 1.165) is 27.3 Å². The number of hydrogen-bond donors (Lipinski definition) is 1. The molecule has 0 bridgehead atoms. The van der Waals surface area contributed by atoms with Gasteiger partial charge >= 0.3 is 0 Å². The van der Waals surface area contributed by atoms with Gasteiger partial charge in [0.25, 0.3) is 0 Å². The van der Waals surface area contributed by atoms with Crippen LogP contribution in [0.1, 0.15) is 5.69 Å². The molecule has 2 heterocycles. The predicted octanol–water partition coefficient (Wildman–Crippen LogP) is 2.31. The summed E-state index contributed by atoms with van der Waals surface area (Å²) >= 11 is 3.29. The lowest BCUT2D eigenvalue weighted by Crippen LogP contribution is -1.91. The van der Waals surface area contributed by atoms with Gasteiger partial charge in [-0.1, -0.05) is 29.2 Å². The number of aryl methyl sites for hydroxylation is 1. The molecular weight excluding hydrogens is 240 g/mol. The lowest BCUT2D eigenvalue weighted by molar-refractivity contribution is 1.00. The van der Waals surface area contributed by atoms with E-state index in [1.165, 1.54) is 0 Å². The van der Waals surface area contributed by atoms with Crippen molar-refractivity contribution in [2.24, 2.45) is 0 Å². The summed E-state index contributed by atoms with van der Waals surface area (Å²) in [4.78, 5) is 4.27. The van der Waals surface area contributed by atoms with E-state index in [2.05, 4.69) is 20.5 Å². The maximum atomic E-state index is 4.27. The molecule has 0 unspecified atom stereocenters. The van der Waals surface area contributed by atoms with Gasteiger partial charge in [-0.3, -0.25) is 4.98 Å². The van der Waals surface area contributed by atoms with Gasteiger partial charge in [0.1, 0.15) is 0 Å². The molecule has 0 aliphatic heterocycles. The van der Waals surface area contributed by atoms with Crippen LogP contribution in [0.15, 0.2) is 28.7 Å². The second kappa shape index (κ2) is 5.81. The molecule has 1 N–H and O–H groups in total. The van der Waals surface area contributed by atoms with Crippen molar-refractivity contribution < 1.29 is 0 Å². The summed E-state index contributed by atoms with van der Waals surface area (Å²) in [6, 6.07) is 5.98. The minimum atomic E-state index is 0.861. The fourth-order valence-corrected chi connectivity index (χ4v) is 2.90. The van der Waals surface area contributed by atoms with Gasteiger partial charge in [-0.2, -0.15) is 0 Å². The van der Waals surface area contributed by atoms with Gasteiger partial charge in [-0.15, -0.1) is 10.2 Å². The third-order valence-electron chi connectivity index (χ3n) is 1.93. The summed E-state index contributed by atoms with van der Waals surface area (Å²) < 4.78 is 1.00. The van der Waals surface area contributed by atoms with Gasteiger partial charge in [0.05, 0.1) is 0 Å². The van der Waals surface area contributed by atoms with Crippen LogP contribution in [0.25, 0.3) is 0 Å². The van der Waals surface area contributed by atoms with Crippen molar-refractivity contribution in [3.63, 3.8) is 0 Å². The normalized spacial score (nSPS) is 10.3. The first-order chi connectivity index (χ1) is 7.88. The number of aromatic nitrogens is 3. The Morgan fingerprint density at radius 1 is 1.38 bits per heavy atom. The molecule has 0 radical (unpaired) electrons. The van der Waals surface area contributed by atoms with Crippen molar-refractivity contribution >= 4 is 28.2 Å². The molecular formula is C10H12N4S2. The number of hydrogen-bond acceptors (Lipinski definition) is 6. The average Bonchev–Trinajstić information content (AvgIpc) is 2.78. The summed E-state index contributed by atoms with van der Waals surface area (Å²) in [6.07, 6.45) is 2.78.